The molecule has 1 aromatic rings. The summed E-state index contributed by atoms with van der Waals surface area (Å²) in [5, 5.41) is 21.9. The van der Waals surface area contributed by atoms with E-state index in [-0.39, 0.29) is 25.3 Å². The summed E-state index contributed by atoms with van der Waals surface area (Å²) < 4.78 is 0. The Kier molecular flexibility index (Phi) is 4.47. The largest absolute Gasteiger partial charge is 0.395 e. The second-order valence-electron chi connectivity index (χ2n) is 3.23. The highest BCUT2D eigenvalue weighted by molar-refractivity contribution is 7.11. The third-order valence-electron chi connectivity index (χ3n) is 1.99. The molecule has 1 aromatic heterocycles. The molecule has 0 radical (unpaired) electrons. The molecule has 0 bridgehead atoms. The molecule has 4 nitrogen and oxygen atoms in total. The summed E-state index contributed by atoms with van der Waals surface area (Å²) in [6.45, 7) is 3.83. The molecule has 1 heterocycles. The van der Waals surface area contributed by atoms with Gasteiger partial charge in [-0.3, -0.25) is 0 Å². The normalized spacial score (nSPS) is 13.5. The maximum atomic E-state index is 8.89. The monoisotopic (exact) mass is 216 g/mol. The highest BCUT2D eigenvalue weighted by Gasteiger charge is 2.13. The maximum Gasteiger partial charge on any atom is 0.0897 e. The molecule has 0 fully saturated rings. The molecule has 0 aromatic carbocycles. The third-order valence-corrected chi connectivity index (χ3v) is 3.09. The van der Waals surface area contributed by atoms with Crippen LogP contribution in [0, 0.1) is 6.92 Å². The first-order chi connectivity index (χ1) is 6.67. The third kappa shape index (κ3) is 3.02. The first-order valence-corrected chi connectivity index (χ1v) is 5.39. The van der Waals surface area contributed by atoms with Crippen LogP contribution in [0.3, 0.4) is 0 Å². The van der Waals surface area contributed by atoms with E-state index in [9.17, 15) is 0 Å². The van der Waals surface area contributed by atoms with Gasteiger partial charge in [0, 0.05) is 17.1 Å². The highest BCUT2D eigenvalue weighted by atomic mass is 32.1. The van der Waals surface area contributed by atoms with Crippen molar-refractivity contribution in [1.29, 1.82) is 0 Å². The smallest absolute Gasteiger partial charge is 0.0897 e. The average molecular weight is 216 g/mol. The van der Waals surface area contributed by atoms with Crippen molar-refractivity contribution in [2.75, 3.05) is 13.2 Å². The fraction of sp³-hybridized carbons (Fsp3) is 0.667. The number of nitrogens with zero attached hydrogens (tertiary/aromatic N) is 1. The lowest BCUT2D eigenvalue weighted by molar-refractivity contribution is 0.164. The quantitative estimate of drug-likeness (QED) is 0.669. The molecule has 0 aliphatic carbocycles. The molecule has 1 rings (SSSR count). The lowest BCUT2D eigenvalue weighted by Crippen LogP contribution is -2.37. The Morgan fingerprint density at radius 3 is 2.57 bits per heavy atom. The highest BCUT2D eigenvalue weighted by Crippen LogP contribution is 2.19. The Labute approximate surface area is 87.6 Å². The summed E-state index contributed by atoms with van der Waals surface area (Å²) in [4.78, 5) is 5.27. The summed E-state index contributed by atoms with van der Waals surface area (Å²) in [6.07, 6.45) is 1.82. The number of nitrogens with one attached hydrogen (secondary N) is 1. The van der Waals surface area contributed by atoms with Crippen molar-refractivity contribution < 1.29 is 10.2 Å². The molecule has 0 saturated carbocycles. The molecule has 3 N–H and O–H groups in total. The summed E-state index contributed by atoms with van der Waals surface area (Å²) in [5.41, 5.74) is 0. The number of hydrogen-bond acceptors (Lipinski definition) is 5. The van der Waals surface area contributed by atoms with Crippen molar-refractivity contribution in [2.45, 2.75) is 25.9 Å². The predicted octanol–water partition coefficient (Wildman–Crippen LogP) is 0.455. The summed E-state index contributed by atoms with van der Waals surface area (Å²) in [7, 11) is 0. The van der Waals surface area contributed by atoms with Crippen LogP contribution in [0.2, 0.25) is 0 Å². The fourth-order valence-electron chi connectivity index (χ4n) is 1.18. The van der Waals surface area contributed by atoms with E-state index in [0.29, 0.717) is 0 Å². The molecule has 0 spiro atoms. The van der Waals surface area contributed by atoms with Crippen molar-refractivity contribution in [3.8, 4) is 0 Å². The summed E-state index contributed by atoms with van der Waals surface area (Å²) in [6, 6.07) is -0.141. The molecule has 0 amide bonds. The molecule has 80 valence electrons. The van der Waals surface area contributed by atoms with Crippen LogP contribution in [0.5, 0.6) is 0 Å². The first kappa shape index (κ1) is 11.6. The van der Waals surface area contributed by atoms with Crippen LogP contribution in [0.15, 0.2) is 6.20 Å². The van der Waals surface area contributed by atoms with Gasteiger partial charge in [0.25, 0.3) is 0 Å². The van der Waals surface area contributed by atoms with Gasteiger partial charge >= 0.3 is 0 Å². The van der Waals surface area contributed by atoms with Crippen LogP contribution in [-0.2, 0) is 0 Å². The lowest BCUT2D eigenvalue weighted by atomic mass is 10.2. The summed E-state index contributed by atoms with van der Waals surface area (Å²) in [5.74, 6) is 0. The maximum absolute atomic E-state index is 8.89. The topological polar surface area (TPSA) is 65.4 Å². The Hall–Kier alpha value is -0.490. The zero-order valence-electron chi connectivity index (χ0n) is 8.40. The predicted molar refractivity (Wildman–Crippen MR) is 56.4 cm³/mol. The minimum Gasteiger partial charge on any atom is -0.395 e. The van der Waals surface area contributed by atoms with Crippen molar-refractivity contribution in [3.63, 3.8) is 0 Å². The Bertz CT molecular complexity index is 274. The zero-order valence-corrected chi connectivity index (χ0v) is 9.21. The molecule has 0 aliphatic rings. The van der Waals surface area contributed by atoms with E-state index >= 15 is 0 Å². The van der Waals surface area contributed by atoms with Gasteiger partial charge in [0.05, 0.1) is 24.3 Å². The first-order valence-electron chi connectivity index (χ1n) is 4.57. The molecule has 1 unspecified atom stereocenters. The van der Waals surface area contributed by atoms with Gasteiger partial charge in [0.1, 0.15) is 0 Å². The number of aryl methyl sites for hydroxylation is 1. The zero-order chi connectivity index (χ0) is 10.6. The molecule has 1 atom stereocenters. The SMILES string of the molecule is Cc1ncc(C(C)NC(CO)CO)s1. The van der Waals surface area contributed by atoms with E-state index in [0.717, 1.165) is 9.88 Å². The van der Waals surface area contributed by atoms with E-state index in [1.54, 1.807) is 11.3 Å². The minimum absolute atomic E-state index is 0.0569. The number of aliphatic hydroxyl groups is 2. The van der Waals surface area contributed by atoms with Gasteiger partial charge in [0.2, 0.25) is 0 Å². The van der Waals surface area contributed by atoms with Gasteiger partial charge < -0.3 is 15.5 Å². The van der Waals surface area contributed by atoms with E-state index in [1.165, 1.54) is 0 Å². The van der Waals surface area contributed by atoms with Crippen LogP contribution < -0.4 is 5.32 Å². The Balaban J connectivity index is 2.53. The number of aromatic nitrogens is 1. The van der Waals surface area contributed by atoms with Gasteiger partial charge in [-0.05, 0) is 13.8 Å². The van der Waals surface area contributed by atoms with Gasteiger partial charge in [-0.2, -0.15) is 0 Å². The number of aliphatic hydroxyl groups excluding tert-OH is 2. The number of hydrogen-bond donors (Lipinski definition) is 3. The van der Waals surface area contributed by atoms with Gasteiger partial charge in [-0.25, -0.2) is 4.98 Å². The molecular weight excluding hydrogens is 200 g/mol. The average Bonchev–Trinajstić information content (AvgIpc) is 2.61. The minimum atomic E-state index is -0.257. The second-order valence-corrected chi connectivity index (χ2v) is 4.50. The van der Waals surface area contributed by atoms with E-state index < -0.39 is 0 Å². The van der Waals surface area contributed by atoms with Gasteiger partial charge in [-0.1, -0.05) is 0 Å². The lowest BCUT2D eigenvalue weighted by Gasteiger charge is -2.18. The second kappa shape index (κ2) is 5.41. The number of thiazole rings is 1. The molecule has 0 saturated heterocycles. The van der Waals surface area contributed by atoms with Crippen LogP contribution in [0.4, 0.5) is 0 Å². The van der Waals surface area contributed by atoms with Crippen molar-refractivity contribution in [3.05, 3.63) is 16.1 Å². The Morgan fingerprint density at radius 1 is 1.50 bits per heavy atom. The van der Waals surface area contributed by atoms with Crippen LogP contribution >= 0.6 is 11.3 Å². The molecule has 14 heavy (non-hydrogen) atoms. The standard InChI is InChI=1S/C9H16N2O2S/c1-6(11-8(4-12)5-13)9-3-10-7(2)14-9/h3,6,8,11-13H,4-5H2,1-2H3. The van der Waals surface area contributed by atoms with Crippen molar-refractivity contribution >= 4 is 11.3 Å². The van der Waals surface area contributed by atoms with Crippen LogP contribution in [0.25, 0.3) is 0 Å². The molecule has 0 aliphatic heterocycles. The van der Waals surface area contributed by atoms with Crippen LogP contribution in [0.1, 0.15) is 22.9 Å². The van der Waals surface area contributed by atoms with E-state index in [4.69, 9.17) is 10.2 Å². The van der Waals surface area contributed by atoms with Crippen molar-refractivity contribution in [1.82, 2.24) is 10.3 Å². The summed E-state index contributed by atoms with van der Waals surface area (Å²) >= 11 is 1.62. The fourth-order valence-corrected chi connectivity index (χ4v) is 1.97. The van der Waals surface area contributed by atoms with Crippen molar-refractivity contribution in [2.24, 2.45) is 0 Å². The van der Waals surface area contributed by atoms with E-state index in [2.05, 4.69) is 10.3 Å². The van der Waals surface area contributed by atoms with E-state index in [1.807, 2.05) is 20.0 Å². The van der Waals surface area contributed by atoms with Gasteiger partial charge in [-0.15, -0.1) is 11.3 Å². The molecular formula is C9H16N2O2S. The molecule has 5 heteroatoms. The van der Waals surface area contributed by atoms with Crippen LogP contribution in [-0.4, -0.2) is 34.5 Å². The Morgan fingerprint density at radius 2 is 2.14 bits per heavy atom. The van der Waals surface area contributed by atoms with Gasteiger partial charge in [0.15, 0.2) is 0 Å². The number of rotatable bonds is 5.